The number of rotatable bonds is 7. The number of hydrogen-bond acceptors (Lipinski definition) is 5. The number of aryl methyl sites for hydroxylation is 1. The number of nitrogens with zero attached hydrogens (tertiary/aromatic N) is 3. The first-order valence-corrected chi connectivity index (χ1v) is 8.90. The van der Waals surface area contributed by atoms with E-state index in [1.807, 2.05) is 30.3 Å². The van der Waals surface area contributed by atoms with E-state index in [2.05, 4.69) is 23.4 Å². The Bertz CT molecular complexity index is 810. The Morgan fingerprint density at radius 1 is 1.42 bits per heavy atom. The second-order valence-corrected chi connectivity index (χ2v) is 7.04. The van der Waals surface area contributed by atoms with E-state index in [0.717, 1.165) is 29.2 Å². The number of imidazole rings is 1. The van der Waals surface area contributed by atoms with Gasteiger partial charge in [-0.2, -0.15) is 5.26 Å². The maximum atomic E-state index is 12.2. The van der Waals surface area contributed by atoms with Crippen LogP contribution >= 0.6 is 11.8 Å². The van der Waals surface area contributed by atoms with Gasteiger partial charge < -0.3 is 10.3 Å². The molecule has 0 unspecified atom stereocenters. The van der Waals surface area contributed by atoms with Crippen molar-refractivity contribution in [3.8, 4) is 6.07 Å². The molecule has 1 aromatic carbocycles. The fourth-order valence-corrected chi connectivity index (χ4v) is 3.25. The number of carbonyl (C=O) groups is 1. The summed E-state index contributed by atoms with van der Waals surface area (Å²) in [5.41, 5.74) is 7.88. The van der Waals surface area contributed by atoms with E-state index in [0.29, 0.717) is 5.92 Å². The van der Waals surface area contributed by atoms with Crippen molar-refractivity contribution in [2.45, 2.75) is 38.9 Å². The van der Waals surface area contributed by atoms with Gasteiger partial charge in [0.15, 0.2) is 10.9 Å². The third-order valence-corrected chi connectivity index (χ3v) is 4.64. The van der Waals surface area contributed by atoms with Crippen LogP contribution in [0, 0.1) is 17.2 Å². The standard InChI is InChI=1S/C18H22N4OS/c1-12(2)8-9-22-16-7-5-4-6-15(16)21-18(22)24-11-17(23)14(10-19)13(3)20/h4-7,12H,8-9,11,20H2,1-3H3/b14-13+. The first-order chi connectivity index (χ1) is 11.4. The van der Waals surface area contributed by atoms with Gasteiger partial charge in [-0.15, -0.1) is 0 Å². The van der Waals surface area contributed by atoms with Gasteiger partial charge in [0, 0.05) is 12.2 Å². The third kappa shape index (κ3) is 4.18. The Labute approximate surface area is 146 Å². The summed E-state index contributed by atoms with van der Waals surface area (Å²) in [7, 11) is 0. The minimum atomic E-state index is -0.259. The highest BCUT2D eigenvalue weighted by Gasteiger charge is 2.16. The van der Waals surface area contributed by atoms with Crippen molar-refractivity contribution in [1.82, 2.24) is 9.55 Å². The number of ketones is 1. The number of nitrogens with two attached hydrogens (primary N) is 1. The molecule has 2 aromatic rings. The van der Waals surface area contributed by atoms with Crippen LogP contribution in [0.15, 0.2) is 40.7 Å². The van der Waals surface area contributed by atoms with E-state index < -0.39 is 0 Å². The highest BCUT2D eigenvalue weighted by Crippen LogP contribution is 2.25. The summed E-state index contributed by atoms with van der Waals surface area (Å²) < 4.78 is 2.15. The molecule has 24 heavy (non-hydrogen) atoms. The van der Waals surface area contributed by atoms with Gasteiger partial charge in [0.25, 0.3) is 0 Å². The monoisotopic (exact) mass is 342 g/mol. The summed E-state index contributed by atoms with van der Waals surface area (Å²) in [6.07, 6.45) is 1.03. The molecule has 0 atom stereocenters. The molecule has 2 N–H and O–H groups in total. The van der Waals surface area contributed by atoms with Gasteiger partial charge in [-0.3, -0.25) is 4.79 Å². The van der Waals surface area contributed by atoms with Crippen LogP contribution in [-0.4, -0.2) is 21.1 Å². The van der Waals surface area contributed by atoms with Crippen LogP contribution in [0.25, 0.3) is 11.0 Å². The Morgan fingerprint density at radius 2 is 2.12 bits per heavy atom. The Balaban J connectivity index is 2.25. The molecule has 0 spiro atoms. The number of aromatic nitrogens is 2. The van der Waals surface area contributed by atoms with Gasteiger partial charge in [0.1, 0.15) is 11.6 Å². The highest BCUT2D eigenvalue weighted by molar-refractivity contribution is 7.99. The Hall–Kier alpha value is -2.26. The van der Waals surface area contributed by atoms with E-state index in [1.165, 1.54) is 11.8 Å². The summed E-state index contributed by atoms with van der Waals surface area (Å²) in [5, 5.41) is 9.84. The lowest BCUT2D eigenvalue weighted by molar-refractivity contribution is -0.112. The molecule has 1 aromatic heterocycles. The first-order valence-electron chi connectivity index (χ1n) is 7.91. The molecule has 5 nitrogen and oxygen atoms in total. The van der Waals surface area contributed by atoms with Crippen molar-refractivity contribution < 1.29 is 4.79 Å². The number of hydrogen-bond donors (Lipinski definition) is 1. The molecule has 2 rings (SSSR count). The molecule has 0 fully saturated rings. The average molecular weight is 342 g/mol. The van der Waals surface area contributed by atoms with Crippen molar-refractivity contribution in [3.05, 3.63) is 35.5 Å². The second-order valence-electron chi connectivity index (χ2n) is 6.10. The van der Waals surface area contributed by atoms with Crippen molar-refractivity contribution in [2.24, 2.45) is 11.7 Å². The van der Waals surface area contributed by atoms with E-state index >= 15 is 0 Å². The largest absolute Gasteiger partial charge is 0.401 e. The van der Waals surface area contributed by atoms with Gasteiger partial charge in [-0.05, 0) is 31.4 Å². The van der Waals surface area contributed by atoms with Crippen molar-refractivity contribution in [2.75, 3.05) is 5.75 Å². The van der Waals surface area contributed by atoms with E-state index in [1.54, 1.807) is 6.92 Å². The van der Waals surface area contributed by atoms with Gasteiger partial charge >= 0.3 is 0 Å². The molecule has 0 amide bonds. The maximum absolute atomic E-state index is 12.2. The molecule has 0 saturated carbocycles. The van der Waals surface area contributed by atoms with Gasteiger partial charge in [0.05, 0.1) is 16.8 Å². The summed E-state index contributed by atoms with van der Waals surface area (Å²) in [4.78, 5) is 16.8. The molecular formula is C18H22N4OS. The SMILES string of the molecule is C/C(N)=C(/C#N)C(=O)CSc1nc2ccccc2n1CCC(C)C. The number of fused-ring (bicyclic) bond motifs is 1. The number of para-hydroxylation sites is 2. The summed E-state index contributed by atoms with van der Waals surface area (Å²) in [6, 6.07) is 9.84. The molecular weight excluding hydrogens is 320 g/mol. The Kier molecular flexibility index (Phi) is 6.04. The zero-order valence-electron chi connectivity index (χ0n) is 14.2. The number of nitriles is 1. The number of thioether (sulfide) groups is 1. The topological polar surface area (TPSA) is 84.7 Å². The summed E-state index contributed by atoms with van der Waals surface area (Å²) in [6.45, 7) is 6.79. The Morgan fingerprint density at radius 3 is 2.75 bits per heavy atom. The zero-order chi connectivity index (χ0) is 17.7. The molecule has 0 aliphatic heterocycles. The minimum absolute atomic E-state index is 0.0346. The fraction of sp³-hybridized carbons (Fsp3) is 0.389. The normalized spacial score (nSPS) is 12.3. The number of allylic oxidation sites excluding steroid dienone is 2. The smallest absolute Gasteiger partial charge is 0.185 e. The first kappa shape index (κ1) is 18.1. The molecule has 0 aliphatic rings. The highest BCUT2D eigenvalue weighted by atomic mass is 32.2. The molecule has 6 heteroatoms. The van der Waals surface area contributed by atoms with Gasteiger partial charge in [0.2, 0.25) is 0 Å². The fourth-order valence-electron chi connectivity index (χ4n) is 2.34. The predicted octanol–water partition coefficient (Wildman–Crippen LogP) is 3.50. The number of benzene rings is 1. The minimum Gasteiger partial charge on any atom is -0.401 e. The molecule has 1 heterocycles. The van der Waals surface area contributed by atoms with Crippen LogP contribution in [-0.2, 0) is 11.3 Å². The van der Waals surface area contributed by atoms with E-state index in [4.69, 9.17) is 11.0 Å². The van der Waals surface area contributed by atoms with E-state index in [-0.39, 0.29) is 22.8 Å². The van der Waals surface area contributed by atoms with Crippen LogP contribution < -0.4 is 5.73 Å². The number of Topliss-reactive ketones (excluding diaryl/α,β-unsaturated/α-hetero) is 1. The average Bonchev–Trinajstić information content (AvgIpc) is 2.88. The van der Waals surface area contributed by atoms with E-state index in [9.17, 15) is 4.79 Å². The van der Waals surface area contributed by atoms with Crippen LogP contribution in [0.1, 0.15) is 27.2 Å². The lowest BCUT2D eigenvalue weighted by Gasteiger charge is -2.10. The maximum Gasteiger partial charge on any atom is 0.185 e. The van der Waals surface area contributed by atoms with Crippen molar-refractivity contribution in [3.63, 3.8) is 0 Å². The lowest BCUT2D eigenvalue weighted by atomic mass is 10.1. The summed E-state index contributed by atoms with van der Waals surface area (Å²) in [5.74, 6) is 0.478. The predicted molar refractivity (Wildman–Crippen MR) is 97.4 cm³/mol. The van der Waals surface area contributed by atoms with Crippen molar-refractivity contribution in [1.29, 1.82) is 5.26 Å². The molecule has 0 bridgehead atoms. The third-order valence-electron chi connectivity index (χ3n) is 3.67. The van der Waals surface area contributed by atoms with Gasteiger partial charge in [-0.25, -0.2) is 4.98 Å². The quantitative estimate of drug-likeness (QED) is 0.473. The summed E-state index contributed by atoms with van der Waals surface area (Å²) >= 11 is 1.36. The van der Waals surface area contributed by atoms with Crippen LogP contribution in [0.5, 0.6) is 0 Å². The zero-order valence-corrected chi connectivity index (χ0v) is 15.1. The molecule has 126 valence electrons. The molecule has 0 saturated heterocycles. The van der Waals surface area contributed by atoms with Crippen LogP contribution in [0.4, 0.5) is 0 Å². The van der Waals surface area contributed by atoms with Gasteiger partial charge in [-0.1, -0.05) is 37.7 Å². The van der Waals surface area contributed by atoms with Crippen LogP contribution in [0.3, 0.4) is 0 Å². The second kappa shape index (κ2) is 8.02. The molecule has 0 radical (unpaired) electrons. The molecule has 0 aliphatic carbocycles. The van der Waals surface area contributed by atoms with Crippen LogP contribution in [0.2, 0.25) is 0 Å². The van der Waals surface area contributed by atoms with Crippen molar-refractivity contribution >= 4 is 28.6 Å². The lowest BCUT2D eigenvalue weighted by Crippen LogP contribution is -2.11. The number of carbonyl (C=O) groups excluding carboxylic acids is 1.